The molecule has 0 spiro atoms. The molecular formula is C13H25NO. The van der Waals surface area contributed by atoms with E-state index in [1.165, 1.54) is 25.7 Å². The maximum absolute atomic E-state index is 5.82. The van der Waals surface area contributed by atoms with E-state index in [9.17, 15) is 0 Å². The molecule has 2 fully saturated rings. The average molecular weight is 211 g/mol. The number of ether oxygens (including phenoxy) is 1. The van der Waals surface area contributed by atoms with Gasteiger partial charge in [0.2, 0.25) is 0 Å². The molecular weight excluding hydrogens is 186 g/mol. The average Bonchev–Trinajstić information content (AvgIpc) is 2.74. The van der Waals surface area contributed by atoms with E-state index in [2.05, 4.69) is 26.1 Å². The van der Waals surface area contributed by atoms with Crippen LogP contribution in [0.15, 0.2) is 0 Å². The molecule has 1 saturated heterocycles. The predicted octanol–water partition coefficient (Wildman–Crippen LogP) is 2.58. The Hall–Kier alpha value is -0.0800. The van der Waals surface area contributed by atoms with Crippen molar-refractivity contribution in [3.63, 3.8) is 0 Å². The standard InChI is InChI=1S/C13H25NO/c1-9-4-7-13(11(9)3)14-8-12-6-5-10(2)15-12/h9-14H,4-8H2,1-3H3. The van der Waals surface area contributed by atoms with E-state index < -0.39 is 0 Å². The van der Waals surface area contributed by atoms with Crippen molar-refractivity contribution in [1.29, 1.82) is 0 Å². The first kappa shape index (κ1) is 11.4. The topological polar surface area (TPSA) is 21.3 Å². The van der Waals surface area contributed by atoms with Crippen LogP contribution in [0.3, 0.4) is 0 Å². The van der Waals surface area contributed by atoms with Crippen LogP contribution >= 0.6 is 0 Å². The third-order valence-electron chi connectivity index (χ3n) is 4.39. The van der Waals surface area contributed by atoms with Crippen molar-refractivity contribution in [1.82, 2.24) is 5.32 Å². The van der Waals surface area contributed by atoms with E-state index in [0.717, 1.165) is 24.4 Å². The highest BCUT2D eigenvalue weighted by atomic mass is 16.5. The fraction of sp³-hybridized carbons (Fsp3) is 1.00. The molecule has 2 nitrogen and oxygen atoms in total. The molecule has 1 N–H and O–H groups in total. The molecule has 2 rings (SSSR count). The summed E-state index contributed by atoms with van der Waals surface area (Å²) in [7, 11) is 0. The molecule has 0 aromatic rings. The minimum Gasteiger partial charge on any atom is -0.374 e. The monoisotopic (exact) mass is 211 g/mol. The van der Waals surface area contributed by atoms with Gasteiger partial charge in [-0.05, 0) is 44.4 Å². The molecule has 5 atom stereocenters. The van der Waals surface area contributed by atoms with Gasteiger partial charge < -0.3 is 10.1 Å². The Morgan fingerprint density at radius 3 is 2.40 bits per heavy atom. The third-order valence-corrected chi connectivity index (χ3v) is 4.39. The van der Waals surface area contributed by atoms with Crippen molar-refractivity contribution in [2.45, 2.75) is 64.7 Å². The molecule has 0 amide bonds. The lowest BCUT2D eigenvalue weighted by Crippen LogP contribution is -2.37. The van der Waals surface area contributed by atoms with Crippen molar-refractivity contribution < 1.29 is 4.74 Å². The third kappa shape index (κ3) is 2.73. The summed E-state index contributed by atoms with van der Waals surface area (Å²) >= 11 is 0. The number of hydrogen-bond acceptors (Lipinski definition) is 2. The highest BCUT2D eigenvalue weighted by molar-refractivity contribution is 4.86. The Balaban J connectivity index is 1.70. The first-order valence-electron chi connectivity index (χ1n) is 6.55. The Labute approximate surface area is 93.8 Å². The van der Waals surface area contributed by atoms with Crippen molar-refractivity contribution in [3.05, 3.63) is 0 Å². The lowest BCUT2D eigenvalue weighted by Gasteiger charge is -2.21. The molecule has 1 heterocycles. The fourth-order valence-electron chi connectivity index (χ4n) is 2.97. The maximum atomic E-state index is 5.82. The van der Waals surface area contributed by atoms with Gasteiger partial charge in [-0.15, -0.1) is 0 Å². The molecule has 1 saturated carbocycles. The van der Waals surface area contributed by atoms with E-state index in [1.807, 2.05) is 0 Å². The van der Waals surface area contributed by atoms with Gasteiger partial charge in [0.05, 0.1) is 12.2 Å². The quantitative estimate of drug-likeness (QED) is 0.774. The summed E-state index contributed by atoms with van der Waals surface area (Å²) in [6.07, 6.45) is 6.18. The van der Waals surface area contributed by atoms with Gasteiger partial charge in [-0.1, -0.05) is 13.8 Å². The van der Waals surface area contributed by atoms with Gasteiger partial charge in [-0.25, -0.2) is 0 Å². The van der Waals surface area contributed by atoms with Gasteiger partial charge in [0, 0.05) is 12.6 Å². The molecule has 1 aliphatic heterocycles. The van der Waals surface area contributed by atoms with E-state index in [0.29, 0.717) is 12.2 Å². The van der Waals surface area contributed by atoms with Crippen molar-refractivity contribution in [2.75, 3.05) is 6.54 Å². The largest absolute Gasteiger partial charge is 0.374 e. The van der Waals surface area contributed by atoms with Crippen LogP contribution in [0.4, 0.5) is 0 Å². The second kappa shape index (κ2) is 4.84. The fourth-order valence-corrected chi connectivity index (χ4v) is 2.97. The maximum Gasteiger partial charge on any atom is 0.0704 e. The van der Waals surface area contributed by atoms with Gasteiger partial charge in [0.15, 0.2) is 0 Å². The van der Waals surface area contributed by atoms with Crippen LogP contribution in [0.2, 0.25) is 0 Å². The van der Waals surface area contributed by atoms with E-state index in [1.54, 1.807) is 0 Å². The molecule has 1 aliphatic carbocycles. The van der Waals surface area contributed by atoms with Crippen LogP contribution < -0.4 is 5.32 Å². The minimum atomic E-state index is 0.475. The predicted molar refractivity (Wildman–Crippen MR) is 62.9 cm³/mol. The molecule has 2 aliphatic rings. The molecule has 0 aromatic heterocycles. The summed E-state index contributed by atoms with van der Waals surface area (Å²) in [6.45, 7) is 8.00. The van der Waals surface area contributed by atoms with Gasteiger partial charge in [0.1, 0.15) is 0 Å². The zero-order valence-electron chi connectivity index (χ0n) is 10.3. The second-order valence-corrected chi connectivity index (χ2v) is 5.57. The van der Waals surface area contributed by atoms with E-state index in [4.69, 9.17) is 4.74 Å². The summed E-state index contributed by atoms with van der Waals surface area (Å²) in [5, 5.41) is 3.70. The summed E-state index contributed by atoms with van der Waals surface area (Å²) in [4.78, 5) is 0. The van der Waals surface area contributed by atoms with Crippen molar-refractivity contribution in [3.8, 4) is 0 Å². The highest BCUT2D eigenvalue weighted by Crippen LogP contribution is 2.31. The summed E-state index contributed by atoms with van der Waals surface area (Å²) in [5.74, 6) is 1.73. The van der Waals surface area contributed by atoms with Crippen molar-refractivity contribution in [2.24, 2.45) is 11.8 Å². The smallest absolute Gasteiger partial charge is 0.0704 e. The molecule has 0 bridgehead atoms. The van der Waals surface area contributed by atoms with Crippen LogP contribution in [0.5, 0.6) is 0 Å². The van der Waals surface area contributed by atoms with E-state index >= 15 is 0 Å². The van der Waals surface area contributed by atoms with Crippen LogP contribution in [0, 0.1) is 11.8 Å². The van der Waals surface area contributed by atoms with Crippen LogP contribution in [0.1, 0.15) is 46.5 Å². The van der Waals surface area contributed by atoms with Crippen LogP contribution in [-0.2, 0) is 4.74 Å². The number of nitrogens with one attached hydrogen (secondary N) is 1. The molecule has 5 unspecified atom stereocenters. The van der Waals surface area contributed by atoms with Gasteiger partial charge in [-0.2, -0.15) is 0 Å². The zero-order valence-corrected chi connectivity index (χ0v) is 10.3. The van der Waals surface area contributed by atoms with Crippen molar-refractivity contribution >= 4 is 0 Å². The molecule has 2 heteroatoms. The number of rotatable bonds is 3. The van der Waals surface area contributed by atoms with Gasteiger partial charge in [0.25, 0.3) is 0 Å². The Kier molecular flexibility index (Phi) is 3.68. The highest BCUT2D eigenvalue weighted by Gasteiger charge is 2.30. The first-order valence-corrected chi connectivity index (χ1v) is 6.55. The molecule has 88 valence electrons. The molecule has 0 aromatic carbocycles. The SMILES string of the molecule is CC1CCC(CNC2CCC(C)C2C)O1. The number of hydrogen-bond donors (Lipinski definition) is 1. The Morgan fingerprint density at radius 1 is 1.07 bits per heavy atom. The summed E-state index contributed by atoms with van der Waals surface area (Å²) in [6, 6.07) is 0.736. The van der Waals surface area contributed by atoms with Crippen LogP contribution in [-0.4, -0.2) is 24.8 Å². The minimum absolute atomic E-state index is 0.475. The Morgan fingerprint density at radius 2 is 1.87 bits per heavy atom. The normalized spacial score (nSPS) is 46.2. The molecule has 15 heavy (non-hydrogen) atoms. The van der Waals surface area contributed by atoms with Crippen LogP contribution in [0.25, 0.3) is 0 Å². The summed E-state index contributed by atoms with van der Waals surface area (Å²) in [5.41, 5.74) is 0. The lowest BCUT2D eigenvalue weighted by atomic mass is 9.98. The second-order valence-electron chi connectivity index (χ2n) is 5.57. The lowest BCUT2D eigenvalue weighted by molar-refractivity contribution is 0.0534. The van der Waals surface area contributed by atoms with Gasteiger partial charge >= 0.3 is 0 Å². The van der Waals surface area contributed by atoms with E-state index in [-0.39, 0.29) is 0 Å². The first-order chi connectivity index (χ1) is 7.16. The van der Waals surface area contributed by atoms with Gasteiger partial charge in [-0.3, -0.25) is 0 Å². The Bertz CT molecular complexity index is 207. The summed E-state index contributed by atoms with van der Waals surface area (Å²) < 4.78 is 5.82. The molecule has 0 radical (unpaired) electrons. The zero-order chi connectivity index (χ0) is 10.8.